The molecular weight excluding hydrogens is 265 g/mol. The molecule has 0 atom stereocenters. The largest absolute Gasteiger partial charge is 0.269 e. The molecule has 1 rings (SSSR count). The maximum atomic E-state index is 10.4. The van der Waals surface area contributed by atoms with Crippen molar-refractivity contribution in [3.8, 4) is 6.07 Å². The van der Waals surface area contributed by atoms with Gasteiger partial charge >= 0.3 is 0 Å². The van der Waals surface area contributed by atoms with E-state index in [1.165, 1.54) is 30.5 Å². The first-order chi connectivity index (χ1) is 8.04. The second kappa shape index (κ2) is 5.99. The van der Waals surface area contributed by atoms with Crippen LogP contribution in [0, 0.1) is 21.4 Å². The van der Waals surface area contributed by atoms with Crippen LogP contribution in [0.4, 0.5) is 5.69 Å². The Labute approximate surface area is 107 Å². The van der Waals surface area contributed by atoms with E-state index in [9.17, 15) is 10.1 Å². The molecule has 0 saturated carbocycles. The second-order valence-corrected chi connectivity index (χ2v) is 3.78. The lowest BCUT2D eigenvalue weighted by Crippen LogP contribution is -1.88. The van der Waals surface area contributed by atoms with Crippen molar-refractivity contribution in [3.05, 3.63) is 50.1 Å². The quantitative estimate of drug-likeness (QED) is 0.366. The summed E-state index contributed by atoms with van der Waals surface area (Å²) in [6.45, 7) is 0. The van der Waals surface area contributed by atoms with Crippen molar-refractivity contribution >= 4 is 35.1 Å². The lowest BCUT2D eigenvalue weighted by atomic mass is 10.2. The molecule has 17 heavy (non-hydrogen) atoms. The molecule has 0 aliphatic heterocycles. The van der Waals surface area contributed by atoms with Gasteiger partial charge in [-0.05, 0) is 17.7 Å². The van der Waals surface area contributed by atoms with Crippen LogP contribution in [0.2, 0.25) is 0 Å². The topological polar surface area (TPSA) is 79.3 Å². The standard InChI is InChI=1S/C10H5Cl2N3O2/c11-10(12)9(5-13)14-6-7-1-3-8(4-2-7)15(16)17/h1-4,6H. The van der Waals surface area contributed by atoms with Crippen LogP contribution in [-0.4, -0.2) is 11.1 Å². The zero-order valence-corrected chi connectivity index (χ0v) is 9.81. The van der Waals surface area contributed by atoms with Gasteiger partial charge in [-0.2, -0.15) is 5.26 Å². The highest BCUT2D eigenvalue weighted by Gasteiger charge is 2.03. The Hall–Kier alpha value is -1.90. The van der Waals surface area contributed by atoms with E-state index in [1.54, 1.807) is 6.07 Å². The molecule has 0 heterocycles. The summed E-state index contributed by atoms with van der Waals surface area (Å²) in [5.74, 6) is 0. The number of hydrogen-bond acceptors (Lipinski definition) is 4. The van der Waals surface area contributed by atoms with Gasteiger partial charge in [-0.3, -0.25) is 10.1 Å². The fourth-order valence-corrected chi connectivity index (χ4v) is 1.12. The van der Waals surface area contributed by atoms with E-state index in [0.29, 0.717) is 5.56 Å². The molecule has 0 N–H and O–H groups in total. The molecule has 0 spiro atoms. The SMILES string of the molecule is N#CC(N=Cc1ccc([N+](=O)[O-])cc1)=C(Cl)Cl. The molecule has 0 aliphatic rings. The Morgan fingerprint density at radius 2 is 2.00 bits per heavy atom. The monoisotopic (exact) mass is 269 g/mol. The number of nitro benzene ring substituents is 1. The first-order valence-corrected chi connectivity index (χ1v) is 5.04. The molecule has 0 bridgehead atoms. The molecule has 0 unspecified atom stereocenters. The maximum Gasteiger partial charge on any atom is 0.269 e. The summed E-state index contributed by atoms with van der Waals surface area (Å²) in [4.78, 5) is 13.6. The van der Waals surface area contributed by atoms with E-state index in [4.69, 9.17) is 28.5 Å². The minimum absolute atomic E-state index is 0.0198. The molecule has 0 radical (unpaired) electrons. The lowest BCUT2D eigenvalue weighted by molar-refractivity contribution is -0.384. The lowest BCUT2D eigenvalue weighted by Gasteiger charge is -1.93. The van der Waals surface area contributed by atoms with Gasteiger partial charge in [0.1, 0.15) is 10.6 Å². The van der Waals surface area contributed by atoms with Crippen LogP contribution in [0.25, 0.3) is 0 Å². The van der Waals surface area contributed by atoms with E-state index < -0.39 is 4.92 Å². The number of halogens is 2. The number of nitrogens with zero attached hydrogens (tertiary/aromatic N) is 3. The number of nitriles is 1. The van der Waals surface area contributed by atoms with Crippen LogP contribution in [0.5, 0.6) is 0 Å². The maximum absolute atomic E-state index is 10.4. The molecule has 5 nitrogen and oxygen atoms in total. The minimum atomic E-state index is -0.503. The van der Waals surface area contributed by atoms with Crippen LogP contribution < -0.4 is 0 Å². The van der Waals surface area contributed by atoms with Gasteiger partial charge in [0, 0.05) is 18.3 Å². The van der Waals surface area contributed by atoms with Crippen molar-refractivity contribution in [1.82, 2.24) is 0 Å². The zero-order chi connectivity index (χ0) is 12.8. The van der Waals surface area contributed by atoms with Crippen molar-refractivity contribution in [2.24, 2.45) is 4.99 Å². The molecule has 0 aromatic heterocycles. The Morgan fingerprint density at radius 3 is 2.41 bits per heavy atom. The molecule has 1 aromatic rings. The molecule has 1 aromatic carbocycles. The van der Waals surface area contributed by atoms with Crippen molar-refractivity contribution in [1.29, 1.82) is 5.26 Å². The Kier molecular flexibility index (Phi) is 4.64. The van der Waals surface area contributed by atoms with Crippen LogP contribution in [0.1, 0.15) is 5.56 Å². The van der Waals surface area contributed by atoms with Gasteiger partial charge in [0.2, 0.25) is 0 Å². The first kappa shape index (κ1) is 13.2. The van der Waals surface area contributed by atoms with Gasteiger partial charge in [-0.1, -0.05) is 23.2 Å². The fourth-order valence-electron chi connectivity index (χ4n) is 0.941. The van der Waals surface area contributed by atoms with Crippen molar-refractivity contribution in [2.45, 2.75) is 0 Å². The normalized spacial score (nSPS) is 9.94. The minimum Gasteiger partial charge on any atom is -0.258 e. The van der Waals surface area contributed by atoms with Gasteiger partial charge < -0.3 is 0 Å². The van der Waals surface area contributed by atoms with Crippen molar-refractivity contribution in [3.63, 3.8) is 0 Å². The Bertz CT molecular complexity index is 525. The van der Waals surface area contributed by atoms with E-state index in [-0.39, 0.29) is 15.9 Å². The highest BCUT2D eigenvalue weighted by molar-refractivity contribution is 6.56. The number of nitro groups is 1. The number of hydrogen-bond donors (Lipinski definition) is 0. The molecule has 7 heteroatoms. The summed E-state index contributed by atoms with van der Waals surface area (Å²) in [6.07, 6.45) is 1.34. The summed E-state index contributed by atoms with van der Waals surface area (Å²) in [5, 5.41) is 19.0. The summed E-state index contributed by atoms with van der Waals surface area (Å²) in [6, 6.07) is 7.37. The smallest absolute Gasteiger partial charge is 0.258 e. The van der Waals surface area contributed by atoms with Crippen molar-refractivity contribution < 1.29 is 4.92 Å². The number of aliphatic imine (C=N–C) groups is 1. The second-order valence-electron chi connectivity index (χ2n) is 2.83. The van der Waals surface area contributed by atoms with E-state index in [1.807, 2.05) is 0 Å². The average Bonchev–Trinajstić information content (AvgIpc) is 2.30. The van der Waals surface area contributed by atoms with Gasteiger partial charge in [-0.15, -0.1) is 0 Å². The number of allylic oxidation sites excluding steroid dienone is 1. The van der Waals surface area contributed by atoms with Gasteiger partial charge in [0.15, 0.2) is 5.70 Å². The fraction of sp³-hybridized carbons (Fsp3) is 0. The van der Waals surface area contributed by atoms with Crippen molar-refractivity contribution in [2.75, 3.05) is 0 Å². The van der Waals surface area contributed by atoms with Gasteiger partial charge in [0.25, 0.3) is 5.69 Å². The van der Waals surface area contributed by atoms with Gasteiger partial charge in [-0.25, -0.2) is 4.99 Å². The Morgan fingerprint density at radius 1 is 1.41 bits per heavy atom. The van der Waals surface area contributed by atoms with Crippen LogP contribution in [0.15, 0.2) is 39.4 Å². The molecular formula is C10H5Cl2N3O2. The van der Waals surface area contributed by atoms with Gasteiger partial charge in [0.05, 0.1) is 4.92 Å². The third kappa shape index (κ3) is 3.87. The molecule has 86 valence electrons. The number of non-ortho nitro benzene ring substituents is 1. The highest BCUT2D eigenvalue weighted by atomic mass is 35.5. The average molecular weight is 270 g/mol. The third-order valence-electron chi connectivity index (χ3n) is 1.73. The predicted octanol–water partition coefficient (Wildman–Crippen LogP) is 3.18. The van der Waals surface area contributed by atoms with Crippen LogP contribution in [-0.2, 0) is 0 Å². The highest BCUT2D eigenvalue weighted by Crippen LogP contribution is 2.15. The van der Waals surface area contributed by atoms with E-state index >= 15 is 0 Å². The van der Waals surface area contributed by atoms with Crippen LogP contribution in [0.3, 0.4) is 0 Å². The summed E-state index contributed by atoms with van der Waals surface area (Å²) in [7, 11) is 0. The van der Waals surface area contributed by atoms with Crippen LogP contribution >= 0.6 is 23.2 Å². The molecule has 0 fully saturated rings. The predicted molar refractivity (Wildman–Crippen MR) is 65.0 cm³/mol. The molecule has 0 aliphatic carbocycles. The summed E-state index contributed by atoms with van der Waals surface area (Å²) in [5.41, 5.74) is 0.457. The zero-order valence-electron chi connectivity index (χ0n) is 8.30. The molecule has 0 saturated heterocycles. The summed E-state index contributed by atoms with van der Waals surface area (Å²) < 4.78 is -0.231. The van der Waals surface area contributed by atoms with E-state index in [2.05, 4.69) is 4.99 Å². The third-order valence-corrected chi connectivity index (χ3v) is 2.09. The Balaban J connectivity index is 2.91. The van der Waals surface area contributed by atoms with E-state index in [0.717, 1.165) is 0 Å². The summed E-state index contributed by atoms with van der Waals surface area (Å²) >= 11 is 10.8. The first-order valence-electron chi connectivity index (χ1n) is 4.28. The number of rotatable bonds is 3. The number of benzene rings is 1. The molecule has 0 amide bonds.